The third kappa shape index (κ3) is 2.82. The Morgan fingerprint density at radius 3 is 2.90 bits per heavy atom. The highest BCUT2D eigenvalue weighted by molar-refractivity contribution is 5.92. The standard InChI is InChI=1S/C13H19N3O4/c1-2-9-5-6-15(10(7-9)8-14)13(17)11-3-4-12(20-11)16(18)19/h3-4,9-10H,2,5-8,14H2,1H3. The molecule has 0 bridgehead atoms. The highest BCUT2D eigenvalue weighted by Crippen LogP contribution is 2.27. The van der Waals surface area contributed by atoms with Crippen molar-refractivity contribution < 1.29 is 14.1 Å². The number of hydrogen-bond acceptors (Lipinski definition) is 5. The van der Waals surface area contributed by atoms with Crippen LogP contribution in [0.15, 0.2) is 16.5 Å². The minimum atomic E-state index is -0.652. The largest absolute Gasteiger partial charge is 0.433 e. The molecule has 2 heterocycles. The van der Waals surface area contributed by atoms with E-state index < -0.39 is 10.8 Å². The summed E-state index contributed by atoms with van der Waals surface area (Å²) in [6, 6.07) is 2.52. The van der Waals surface area contributed by atoms with Crippen LogP contribution in [0, 0.1) is 16.0 Å². The van der Waals surface area contributed by atoms with Crippen LogP contribution in [0.5, 0.6) is 0 Å². The SMILES string of the molecule is CCC1CCN(C(=O)c2ccc([N+](=O)[O-])o2)C(CN)C1. The van der Waals surface area contributed by atoms with Gasteiger partial charge < -0.3 is 15.1 Å². The number of carbonyl (C=O) groups is 1. The topological polar surface area (TPSA) is 103 Å². The van der Waals surface area contributed by atoms with Gasteiger partial charge in [0.1, 0.15) is 4.92 Å². The second kappa shape index (κ2) is 6.04. The van der Waals surface area contributed by atoms with Crippen LogP contribution in [0.4, 0.5) is 5.88 Å². The third-order valence-corrected chi connectivity index (χ3v) is 3.92. The van der Waals surface area contributed by atoms with E-state index in [9.17, 15) is 14.9 Å². The Balaban J connectivity index is 2.12. The van der Waals surface area contributed by atoms with Crippen LogP contribution in [0.2, 0.25) is 0 Å². The van der Waals surface area contributed by atoms with Crippen LogP contribution in [0.3, 0.4) is 0 Å². The molecular formula is C13H19N3O4. The van der Waals surface area contributed by atoms with Gasteiger partial charge in [-0.05, 0) is 24.8 Å². The van der Waals surface area contributed by atoms with Crippen molar-refractivity contribution in [3.05, 3.63) is 28.0 Å². The van der Waals surface area contributed by atoms with Gasteiger partial charge in [-0.1, -0.05) is 13.3 Å². The number of furan rings is 1. The fourth-order valence-electron chi connectivity index (χ4n) is 2.68. The molecule has 2 atom stereocenters. The summed E-state index contributed by atoms with van der Waals surface area (Å²) in [7, 11) is 0. The molecule has 0 spiro atoms. The minimum absolute atomic E-state index is 0.00472. The molecule has 1 fully saturated rings. The molecule has 0 radical (unpaired) electrons. The van der Waals surface area contributed by atoms with E-state index in [1.54, 1.807) is 4.90 Å². The number of rotatable bonds is 4. The zero-order valence-corrected chi connectivity index (χ0v) is 11.4. The van der Waals surface area contributed by atoms with Crippen LogP contribution >= 0.6 is 0 Å². The van der Waals surface area contributed by atoms with Gasteiger partial charge in [-0.15, -0.1) is 0 Å². The lowest BCUT2D eigenvalue weighted by atomic mass is 9.89. The zero-order valence-electron chi connectivity index (χ0n) is 11.4. The summed E-state index contributed by atoms with van der Waals surface area (Å²) in [5, 5.41) is 10.6. The molecule has 1 aliphatic rings. The molecule has 2 N–H and O–H groups in total. The van der Waals surface area contributed by atoms with Crippen LogP contribution in [-0.4, -0.2) is 34.9 Å². The average molecular weight is 281 g/mol. The first-order chi connectivity index (χ1) is 9.56. The van der Waals surface area contributed by atoms with E-state index in [0.29, 0.717) is 19.0 Å². The van der Waals surface area contributed by atoms with E-state index >= 15 is 0 Å². The Bertz CT molecular complexity index is 500. The predicted molar refractivity (Wildman–Crippen MR) is 72.3 cm³/mol. The van der Waals surface area contributed by atoms with Gasteiger partial charge in [0.2, 0.25) is 0 Å². The van der Waals surface area contributed by atoms with Gasteiger partial charge in [-0.2, -0.15) is 0 Å². The van der Waals surface area contributed by atoms with E-state index in [1.807, 2.05) is 0 Å². The molecule has 1 aromatic heterocycles. The number of nitrogens with zero attached hydrogens (tertiary/aromatic N) is 2. The first-order valence-corrected chi connectivity index (χ1v) is 6.82. The van der Waals surface area contributed by atoms with E-state index in [-0.39, 0.29) is 17.7 Å². The molecule has 0 aliphatic carbocycles. The summed E-state index contributed by atoms with van der Waals surface area (Å²) >= 11 is 0. The Labute approximate surface area is 116 Å². The number of nitro groups is 1. The van der Waals surface area contributed by atoms with Crippen LogP contribution < -0.4 is 5.73 Å². The number of carbonyl (C=O) groups excluding carboxylic acids is 1. The maximum Gasteiger partial charge on any atom is 0.433 e. The molecule has 2 rings (SSSR count). The average Bonchev–Trinajstić information content (AvgIpc) is 2.95. The van der Waals surface area contributed by atoms with E-state index in [4.69, 9.17) is 10.2 Å². The fraction of sp³-hybridized carbons (Fsp3) is 0.615. The second-order valence-corrected chi connectivity index (χ2v) is 5.08. The Morgan fingerprint density at radius 1 is 1.60 bits per heavy atom. The van der Waals surface area contributed by atoms with Crippen LogP contribution in [0.25, 0.3) is 0 Å². The first-order valence-electron chi connectivity index (χ1n) is 6.82. The highest BCUT2D eigenvalue weighted by Gasteiger charge is 2.32. The molecule has 7 heteroatoms. The molecule has 2 unspecified atom stereocenters. The summed E-state index contributed by atoms with van der Waals surface area (Å²) in [6.45, 7) is 3.14. The number of hydrogen-bond donors (Lipinski definition) is 1. The van der Waals surface area contributed by atoms with E-state index in [1.165, 1.54) is 12.1 Å². The monoisotopic (exact) mass is 281 g/mol. The Morgan fingerprint density at radius 2 is 2.35 bits per heavy atom. The summed E-state index contributed by atoms with van der Waals surface area (Å²) in [5.41, 5.74) is 5.75. The number of likely N-dealkylation sites (tertiary alicyclic amines) is 1. The lowest BCUT2D eigenvalue weighted by Gasteiger charge is -2.38. The molecule has 110 valence electrons. The van der Waals surface area contributed by atoms with Gasteiger partial charge in [0.15, 0.2) is 5.76 Å². The van der Waals surface area contributed by atoms with Crippen molar-refractivity contribution in [3.63, 3.8) is 0 Å². The Kier molecular flexibility index (Phi) is 4.39. The number of nitrogens with two attached hydrogens (primary N) is 1. The normalized spacial score (nSPS) is 22.8. The molecule has 0 saturated carbocycles. The Hall–Kier alpha value is -1.89. The van der Waals surface area contributed by atoms with Crippen molar-refractivity contribution in [1.82, 2.24) is 4.90 Å². The molecule has 1 saturated heterocycles. The molecule has 0 aromatic carbocycles. The quantitative estimate of drug-likeness (QED) is 0.669. The van der Waals surface area contributed by atoms with Crippen molar-refractivity contribution >= 4 is 11.8 Å². The minimum Gasteiger partial charge on any atom is -0.395 e. The van der Waals surface area contributed by atoms with Gasteiger partial charge >= 0.3 is 5.88 Å². The number of amides is 1. The molecule has 1 aromatic rings. The van der Waals surface area contributed by atoms with Crippen molar-refractivity contribution in [1.29, 1.82) is 0 Å². The molecule has 1 amide bonds. The van der Waals surface area contributed by atoms with Gasteiger partial charge in [0.05, 0.1) is 6.07 Å². The first kappa shape index (κ1) is 14.5. The summed E-state index contributed by atoms with van der Waals surface area (Å²) < 4.78 is 4.97. The van der Waals surface area contributed by atoms with Crippen molar-refractivity contribution in [2.24, 2.45) is 11.7 Å². The summed E-state index contributed by atoms with van der Waals surface area (Å²) in [5.74, 6) is -0.146. The molecule has 1 aliphatic heterocycles. The number of piperidine rings is 1. The third-order valence-electron chi connectivity index (χ3n) is 3.92. The van der Waals surface area contributed by atoms with Crippen molar-refractivity contribution in [2.45, 2.75) is 32.2 Å². The van der Waals surface area contributed by atoms with E-state index in [2.05, 4.69) is 6.92 Å². The van der Waals surface area contributed by atoms with Crippen LogP contribution in [0.1, 0.15) is 36.7 Å². The molecular weight excluding hydrogens is 262 g/mol. The maximum absolute atomic E-state index is 12.4. The summed E-state index contributed by atoms with van der Waals surface area (Å²) in [6.07, 6.45) is 2.88. The lowest BCUT2D eigenvalue weighted by molar-refractivity contribution is -0.402. The zero-order chi connectivity index (χ0) is 14.7. The van der Waals surface area contributed by atoms with Gasteiger partial charge in [-0.25, -0.2) is 0 Å². The second-order valence-electron chi connectivity index (χ2n) is 5.08. The summed E-state index contributed by atoms with van der Waals surface area (Å²) in [4.78, 5) is 24.0. The highest BCUT2D eigenvalue weighted by atomic mass is 16.6. The molecule has 20 heavy (non-hydrogen) atoms. The van der Waals surface area contributed by atoms with Gasteiger partial charge in [-0.3, -0.25) is 14.9 Å². The smallest absolute Gasteiger partial charge is 0.395 e. The van der Waals surface area contributed by atoms with Crippen LogP contribution in [-0.2, 0) is 0 Å². The fourth-order valence-corrected chi connectivity index (χ4v) is 2.68. The predicted octanol–water partition coefficient (Wildman–Crippen LogP) is 1.78. The van der Waals surface area contributed by atoms with Gasteiger partial charge in [0.25, 0.3) is 5.91 Å². The van der Waals surface area contributed by atoms with Crippen molar-refractivity contribution in [3.8, 4) is 0 Å². The maximum atomic E-state index is 12.4. The van der Waals surface area contributed by atoms with Gasteiger partial charge in [0, 0.05) is 19.1 Å². The van der Waals surface area contributed by atoms with Crippen molar-refractivity contribution in [2.75, 3.05) is 13.1 Å². The lowest BCUT2D eigenvalue weighted by Crippen LogP contribution is -2.49. The molecule has 7 nitrogen and oxygen atoms in total. The van der Waals surface area contributed by atoms with E-state index in [0.717, 1.165) is 19.3 Å².